The fourth-order valence-electron chi connectivity index (χ4n) is 2.39. The summed E-state index contributed by atoms with van der Waals surface area (Å²) in [6.07, 6.45) is 0. The molecule has 2 aromatic rings. The first-order valence-electron chi connectivity index (χ1n) is 7.86. The Morgan fingerprint density at radius 3 is 2.29 bits per heavy atom. The Hall–Kier alpha value is -2.78. The number of hydrogen-bond acceptors (Lipinski definition) is 7. The van der Waals surface area contributed by atoms with E-state index in [1.54, 1.807) is 6.07 Å². The average molecular weight is 428 g/mol. The number of rotatable bonds is 7. The maximum atomic E-state index is 13.3. The number of carbonyl (C=O) groups excluding carboxylic acids is 2. The van der Waals surface area contributed by atoms with Crippen LogP contribution in [-0.2, 0) is 24.3 Å². The van der Waals surface area contributed by atoms with Gasteiger partial charge >= 0.3 is 11.9 Å². The number of ether oxygens (including phenoxy) is 3. The van der Waals surface area contributed by atoms with Gasteiger partial charge in [0.15, 0.2) is 0 Å². The van der Waals surface area contributed by atoms with E-state index in [-0.39, 0.29) is 26.9 Å². The van der Waals surface area contributed by atoms with Crippen molar-refractivity contribution in [2.75, 3.05) is 32.2 Å². The lowest BCUT2D eigenvalue weighted by Gasteiger charge is -2.25. The summed E-state index contributed by atoms with van der Waals surface area (Å²) in [7, 11) is -0.595. The first kappa shape index (κ1) is 21.5. The van der Waals surface area contributed by atoms with Gasteiger partial charge in [0, 0.05) is 0 Å². The maximum absolute atomic E-state index is 13.3. The first-order chi connectivity index (χ1) is 13.3. The summed E-state index contributed by atoms with van der Waals surface area (Å²) in [5.41, 5.74) is -0.0659. The van der Waals surface area contributed by atoms with Crippen LogP contribution in [0, 0.1) is 0 Å². The molecule has 0 spiro atoms. The van der Waals surface area contributed by atoms with E-state index < -0.39 is 28.5 Å². The Labute approximate surface area is 167 Å². The van der Waals surface area contributed by atoms with Crippen molar-refractivity contribution in [3.8, 4) is 5.75 Å². The zero-order valence-corrected chi connectivity index (χ0v) is 16.9. The number of halogens is 1. The van der Waals surface area contributed by atoms with Crippen LogP contribution >= 0.6 is 11.6 Å². The highest BCUT2D eigenvalue weighted by molar-refractivity contribution is 7.92. The van der Waals surface area contributed by atoms with E-state index in [0.717, 1.165) is 11.4 Å². The normalized spacial score (nSPS) is 10.9. The molecule has 0 aromatic heterocycles. The summed E-state index contributed by atoms with van der Waals surface area (Å²) < 4.78 is 41.7. The molecule has 2 aromatic carbocycles. The number of esters is 2. The van der Waals surface area contributed by atoms with Gasteiger partial charge in [-0.25, -0.2) is 13.2 Å². The molecule has 0 unspecified atom stereocenters. The number of nitrogens with zero attached hydrogens (tertiary/aromatic N) is 1. The minimum absolute atomic E-state index is 0.0305. The third-order valence-electron chi connectivity index (χ3n) is 3.79. The summed E-state index contributed by atoms with van der Waals surface area (Å²) in [5, 5.41) is 0.0721. The maximum Gasteiger partial charge on any atom is 0.340 e. The molecule has 0 N–H and O–H groups in total. The lowest BCUT2D eigenvalue weighted by molar-refractivity contribution is -0.138. The van der Waals surface area contributed by atoms with Crippen molar-refractivity contribution >= 4 is 39.3 Å². The molecule has 0 amide bonds. The summed E-state index contributed by atoms with van der Waals surface area (Å²) >= 11 is 6.05. The fourth-order valence-corrected chi connectivity index (χ4v) is 4.17. The van der Waals surface area contributed by atoms with E-state index >= 15 is 0 Å². The molecule has 0 saturated carbocycles. The molecule has 0 aliphatic rings. The monoisotopic (exact) mass is 427 g/mol. The minimum Gasteiger partial charge on any atom is -0.495 e. The van der Waals surface area contributed by atoms with Crippen LogP contribution in [0.1, 0.15) is 10.4 Å². The minimum atomic E-state index is -4.29. The predicted octanol–water partition coefficient (Wildman–Crippen LogP) is 2.50. The third-order valence-corrected chi connectivity index (χ3v) is 5.84. The van der Waals surface area contributed by atoms with Gasteiger partial charge in [0.05, 0.1) is 42.5 Å². The van der Waals surface area contributed by atoms with Crippen LogP contribution in [0.5, 0.6) is 5.75 Å². The molecule has 0 atom stereocenters. The van der Waals surface area contributed by atoms with Crippen molar-refractivity contribution in [3.05, 3.63) is 53.1 Å². The number of para-hydroxylation sites is 1. The van der Waals surface area contributed by atoms with Gasteiger partial charge in [-0.15, -0.1) is 0 Å². The number of sulfonamides is 1. The Bertz CT molecular complexity index is 991. The van der Waals surface area contributed by atoms with Crippen LogP contribution in [0.4, 0.5) is 5.69 Å². The van der Waals surface area contributed by atoms with Gasteiger partial charge in [-0.2, -0.15) is 0 Å². The molecular weight excluding hydrogens is 410 g/mol. The van der Waals surface area contributed by atoms with Crippen LogP contribution in [0.3, 0.4) is 0 Å². The van der Waals surface area contributed by atoms with Crippen molar-refractivity contribution in [3.63, 3.8) is 0 Å². The number of anilines is 1. The van der Waals surface area contributed by atoms with Crippen LogP contribution in [0.2, 0.25) is 5.02 Å². The second-order valence-corrected chi connectivity index (χ2v) is 7.66. The van der Waals surface area contributed by atoms with Crippen molar-refractivity contribution < 1.29 is 32.2 Å². The number of benzene rings is 2. The summed E-state index contributed by atoms with van der Waals surface area (Å²) in [6.45, 7) is -0.656. The quantitative estimate of drug-likeness (QED) is 0.626. The van der Waals surface area contributed by atoms with Crippen molar-refractivity contribution in [2.45, 2.75) is 4.90 Å². The second kappa shape index (κ2) is 8.94. The van der Waals surface area contributed by atoms with Gasteiger partial charge in [0.1, 0.15) is 12.3 Å². The number of hydrogen-bond donors (Lipinski definition) is 0. The number of carbonyl (C=O) groups is 2. The van der Waals surface area contributed by atoms with Crippen molar-refractivity contribution in [1.82, 2.24) is 0 Å². The molecule has 0 radical (unpaired) electrons. The van der Waals surface area contributed by atoms with Gasteiger partial charge in [-0.1, -0.05) is 23.7 Å². The molecule has 0 fully saturated rings. The predicted molar refractivity (Wildman–Crippen MR) is 102 cm³/mol. The molecule has 0 heterocycles. The van der Waals surface area contributed by atoms with E-state index in [1.807, 2.05) is 0 Å². The van der Waals surface area contributed by atoms with Gasteiger partial charge in [0.25, 0.3) is 10.0 Å². The lowest BCUT2D eigenvalue weighted by Crippen LogP contribution is -2.37. The lowest BCUT2D eigenvalue weighted by atomic mass is 10.2. The van der Waals surface area contributed by atoms with Gasteiger partial charge in [-0.3, -0.25) is 9.10 Å². The molecule has 0 aliphatic heterocycles. The van der Waals surface area contributed by atoms with Gasteiger partial charge in [-0.05, 0) is 30.3 Å². The zero-order chi connectivity index (χ0) is 20.9. The molecular formula is C18H18ClNO7S. The average Bonchev–Trinajstić information content (AvgIpc) is 2.70. The Kier molecular flexibility index (Phi) is 6.87. The summed E-state index contributed by atoms with van der Waals surface area (Å²) in [4.78, 5) is 23.8. The van der Waals surface area contributed by atoms with E-state index in [2.05, 4.69) is 4.74 Å². The topological polar surface area (TPSA) is 99.2 Å². The highest BCUT2D eigenvalue weighted by Crippen LogP contribution is 2.32. The molecule has 8 nitrogen and oxygen atoms in total. The van der Waals surface area contributed by atoms with E-state index in [4.69, 9.17) is 21.1 Å². The molecule has 0 aliphatic carbocycles. The van der Waals surface area contributed by atoms with Crippen LogP contribution in [-0.4, -0.2) is 48.2 Å². The summed E-state index contributed by atoms with van der Waals surface area (Å²) in [5.74, 6) is -1.29. The van der Waals surface area contributed by atoms with Crippen molar-refractivity contribution in [2.24, 2.45) is 0 Å². The van der Waals surface area contributed by atoms with Crippen LogP contribution < -0.4 is 9.04 Å². The standard InChI is InChI=1S/C18H18ClNO7S/c1-25-16-9-8-12(10-14(16)19)28(23,24)20(11-17(21)26-2)15-7-5-4-6-13(15)18(22)27-3/h4-10H,11H2,1-3H3. The summed E-state index contributed by atoms with van der Waals surface area (Å²) in [6, 6.07) is 9.72. The van der Waals surface area contributed by atoms with Crippen LogP contribution in [0.15, 0.2) is 47.4 Å². The van der Waals surface area contributed by atoms with E-state index in [9.17, 15) is 18.0 Å². The van der Waals surface area contributed by atoms with Crippen LogP contribution in [0.25, 0.3) is 0 Å². The molecule has 0 saturated heterocycles. The molecule has 150 valence electrons. The molecule has 0 bridgehead atoms. The highest BCUT2D eigenvalue weighted by Gasteiger charge is 2.31. The second-order valence-electron chi connectivity index (χ2n) is 5.39. The molecule has 10 heteroatoms. The SMILES string of the molecule is COC(=O)CN(c1ccccc1C(=O)OC)S(=O)(=O)c1ccc(OC)c(Cl)c1. The highest BCUT2D eigenvalue weighted by atomic mass is 35.5. The fraction of sp³-hybridized carbons (Fsp3) is 0.222. The van der Waals surface area contributed by atoms with Gasteiger partial charge < -0.3 is 14.2 Å². The Balaban J connectivity index is 2.66. The largest absolute Gasteiger partial charge is 0.495 e. The van der Waals surface area contributed by atoms with E-state index in [0.29, 0.717) is 0 Å². The third kappa shape index (κ3) is 4.37. The first-order valence-corrected chi connectivity index (χ1v) is 9.68. The number of methoxy groups -OCH3 is 3. The Morgan fingerprint density at radius 1 is 1.04 bits per heavy atom. The van der Waals surface area contributed by atoms with E-state index in [1.165, 1.54) is 50.6 Å². The molecule has 28 heavy (non-hydrogen) atoms. The Morgan fingerprint density at radius 2 is 1.71 bits per heavy atom. The van der Waals surface area contributed by atoms with Gasteiger partial charge in [0.2, 0.25) is 0 Å². The van der Waals surface area contributed by atoms with Crippen molar-refractivity contribution in [1.29, 1.82) is 0 Å². The smallest absolute Gasteiger partial charge is 0.340 e. The molecule has 2 rings (SSSR count). The zero-order valence-electron chi connectivity index (χ0n) is 15.3.